The number of ketones is 1. The van der Waals surface area contributed by atoms with Gasteiger partial charge in [-0.1, -0.05) is 52.5 Å². The van der Waals surface area contributed by atoms with Crippen LogP contribution in [0.25, 0.3) is 0 Å². The number of benzene rings is 2. The number of Topliss-reactive ketones (excluding diaryl/α,β-unsaturated/α-hetero) is 1. The summed E-state index contributed by atoms with van der Waals surface area (Å²) in [4.78, 5) is 23.9. The minimum Gasteiger partial charge on any atom is -0.457 e. The number of hydrogen-bond donors (Lipinski definition) is 0. The predicted octanol–water partition coefficient (Wildman–Crippen LogP) is 5.27. The Bertz CT molecular complexity index is 739. The summed E-state index contributed by atoms with van der Waals surface area (Å²) in [5.41, 5.74) is 0.692. The number of carbonyl (C=O) groups excluding carboxylic acids is 2. The van der Waals surface area contributed by atoms with Crippen molar-refractivity contribution in [2.75, 3.05) is 6.61 Å². The molecule has 0 atom stereocenters. The number of hydrogen-bond acceptors (Lipinski definition) is 3. The second kappa shape index (κ2) is 8.02. The summed E-state index contributed by atoms with van der Waals surface area (Å²) < 4.78 is 4.96. The summed E-state index contributed by atoms with van der Waals surface area (Å²) in [5, 5.41) is 1.34. The topological polar surface area (TPSA) is 43.4 Å². The van der Waals surface area contributed by atoms with E-state index in [9.17, 15) is 9.59 Å². The van der Waals surface area contributed by atoms with Crippen LogP contribution in [0.1, 0.15) is 15.9 Å². The molecule has 2 aromatic carbocycles. The van der Waals surface area contributed by atoms with Crippen LogP contribution >= 0.6 is 46.4 Å². The van der Waals surface area contributed by atoms with E-state index in [1.807, 2.05) is 0 Å². The monoisotopic (exact) mass is 390 g/mol. The Labute approximate surface area is 153 Å². The molecule has 120 valence electrons. The highest BCUT2D eigenvalue weighted by Gasteiger charge is 2.16. The van der Waals surface area contributed by atoms with Crippen LogP contribution in [0.15, 0.2) is 36.4 Å². The standard InChI is InChI=1S/C16H10Cl4O3/c17-9-4-5-10(14(20)6-9)15(21)8-23-16(22)7-11-12(18)2-1-3-13(11)19/h1-6H,7-8H2. The van der Waals surface area contributed by atoms with E-state index in [-0.39, 0.29) is 17.0 Å². The molecule has 0 saturated carbocycles. The third-order valence-electron chi connectivity index (χ3n) is 2.98. The van der Waals surface area contributed by atoms with Gasteiger partial charge in [-0.15, -0.1) is 0 Å². The first-order valence-electron chi connectivity index (χ1n) is 6.45. The van der Waals surface area contributed by atoms with E-state index in [4.69, 9.17) is 51.1 Å². The molecule has 0 heterocycles. The molecule has 0 amide bonds. The average molecular weight is 392 g/mol. The van der Waals surface area contributed by atoms with Crippen LogP contribution in [0, 0.1) is 0 Å². The maximum atomic E-state index is 12.0. The second-order valence-electron chi connectivity index (χ2n) is 4.59. The molecule has 0 radical (unpaired) electrons. The first-order valence-corrected chi connectivity index (χ1v) is 7.96. The Morgan fingerprint density at radius 3 is 2.17 bits per heavy atom. The van der Waals surface area contributed by atoms with Crippen molar-refractivity contribution in [3.8, 4) is 0 Å². The van der Waals surface area contributed by atoms with Crippen molar-refractivity contribution in [3.63, 3.8) is 0 Å². The zero-order valence-electron chi connectivity index (χ0n) is 11.6. The molecule has 7 heteroatoms. The molecule has 0 bridgehead atoms. The molecule has 2 aromatic rings. The predicted molar refractivity (Wildman–Crippen MR) is 91.9 cm³/mol. The van der Waals surface area contributed by atoms with Gasteiger partial charge in [0.2, 0.25) is 5.78 Å². The first-order chi connectivity index (χ1) is 10.9. The van der Waals surface area contributed by atoms with Crippen molar-refractivity contribution in [2.45, 2.75) is 6.42 Å². The lowest BCUT2D eigenvalue weighted by Gasteiger charge is -2.08. The number of rotatable bonds is 5. The van der Waals surface area contributed by atoms with Crippen LogP contribution in [0.4, 0.5) is 0 Å². The molecule has 0 aliphatic carbocycles. The van der Waals surface area contributed by atoms with E-state index in [0.717, 1.165) is 0 Å². The fourth-order valence-corrected chi connectivity index (χ4v) is 2.88. The number of carbonyl (C=O) groups is 2. The maximum absolute atomic E-state index is 12.0. The Morgan fingerprint density at radius 2 is 1.57 bits per heavy atom. The van der Waals surface area contributed by atoms with Crippen molar-refractivity contribution >= 4 is 58.2 Å². The SMILES string of the molecule is O=C(Cc1c(Cl)cccc1Cl)OCC(=O)c1ccc(Cl)cc1Cl. The third-order valence-corrected chi connectivity index (χ3v) is 4.23. The molecule has 23 heavy (non-hydrogen) atoms. The van der Waals surface area contributed by atoms with Gasteiger partial charge in [-0.3, -0.25) is 9.59 Å². The molecule has 0 N–H and O–H groups in total. The largest absolute Gasteiger partial charge is 0.457 e. The van der Waals surface area contributed by atoms with Gasteiger partial charge < -0.3 is 4.74 Å². The summed E-state index contributed by atoms with van der Waals surface area (Å²) in [6.07, 6.45) is -0.125. The van der Waals surface area contributed by atoms with Crippen molar-refractivity contribution in [1.29, 1.82) is 0 Å². The van der Waals surface area contributed by atoms with Gasteiger partial charge >= 0.3 is 5.97 Å². The highest BCUT2D eigenvalue weighted by atomic mass is 35.5. The van der Waals surface area contributed by atoms with E-state index < -0.39 is 18.4 Å². The van der Waals surface area contributed by atoms with Gasteiger partial charge in [0.1, 0.15) is 0 Å². The highest BCUT2D eigenvalue weighted by Crippen LogP contribution is 2.25. The van der Waals surface area contributed by atoms with E-state index in [1.165, 1.54) is 18.2 Å². The Hall–Kier alpha value is -1.26. The molecular formula is C16H10Cl4O3. The quantitative estimate of drug-likeness (QED) is 0.515. The van der Waals surface area contributed by atoms with Crippen LogP contribution in [-0.4, -0.2) is 18.4 Å². The van der Waals surface area contributed by atoms with Crippen molar-refractivity contribution in [3.05, 3.63) is 67.6 Å². The second-order valence-corrected chi connectivity index (χ2v) is 6.24. The lowest BCUT2D eigenvalue weighted by Crippen LogP contribution is -2.16. The summed E-state index contributed by atoms with van der Waals surface area (Å²) in [5.74, 6) is -1.04. The molecule has 0 fully saturated rings. The van der Waals surface area contributed by atoms with Gasteiger partial charge in [0.05, 0.1) is 11.4 Å². The molecule has 0 aliphatic heterocycles. The van der Waals surface area contributed by atoms with Gasteiger partial charge in [0, 0.05) is 26.2 Å². The van der Waals surface area contributed by atoms with Gasteiger partial charge in [-0.25, -0.2) is 0 Å². The molecule has 0 aliphatic rings. The zero-order chi connectivity index (χ0) is 17.0. The summed E-state index contributed by atoms with van der Waals surface area (Å²) in [7, 11) is 0. The normalized spacial score (nSPS) is 10.4. The van der Waals surface area contributed by atoms with Crippen molar-refractivity contribution < 1.29 is 14.3 Å². The minimum atomic E-state index is -0.613. The average Bonchev–Trinajstić information content (AvgIpc) is 2.49. The van der Waals surface area contributed by atoms with E-state index in [2.05, 4.69) is 0 Å². The molecule has 3 nitrogen and oxygen atoms in total. The fourth-order valence-electron chi connectivity index (χ4n) is 1.84. The molecule has 0 unspecified atom stereocenters. The number of ether oxygens (including phenoxy) is 1. The Balaban J connectivity index is 1.98. The lowest BCUT2D eigenvalue weighted by atomic mass is 10.1. The Kier molecular flexibility index (Phi) is 6.31. The minimum absolute atomic E-state index is 0.125. The molecule has 2 rings (SSSR count). The van der Waals surface area contributed by atoms with Gasteiger partial charge in [0.15, 0.2) is 6.61 Å². The highest BCUT2D eigenvalue weighted by molar-refractivity contribution is 6.37. The smallest absolute Gasteiger partial charge is 0.310 e. The van der Waals surface area contributed by atoms with Crippen LogP contribution in [0.2, 0.25) is 20.1 Å². The van der Waals surface area contributed by atoms with E-state index >= 15 is 0 Å². The van der Waals surface area contributed by atoms with Crippen molar-refractivity contribution in [1.82, 2.24) is 0 Å². The fraction of sp³-hybridized carbons (Fsp3) is 0.125. The number of halogens is 4. The van der Waals surface area contributed by atoms with Gasteiger partial charge in [0.25, 0.3) is 0 Å². The third kappa shape index (κ3) is 4.85. The van der Waals surface area contributed by atoms with Crippen LogP contribution < -0.4 is 0 Å². The number of esters is 1. The van der Waals surface area contributed by atoms with Gasteiger partial charge in [-0.05, 0) is 30.3 Å². The Morgan fingerprint density at radius 1 is 0.913 bits per heavy atom. The van der Waals surface area contributed by atoms with E-state index in [1.54, 1.807) is 18.2 Å². The first kappa shape index (κ1) is 18.1. The van der Waals surface area contributed by atoms with E-state index in [0.29, 0.717) is 20.6 Å². The van der Waals surface area contributed by atoms with Crippen LogP contribution in [0.5, 0.6) is 0 Å². The molecule has 0 saturated heterocycles. The lowest BCUT2D eigenvalue weighted by molar-refractivity contribution is -0.141. The molecule has 0 aromatic heterocycles. The summed E-state index contributed by atoms with van der Waals surface area (Å²) in [6.45, 7) is -0.428. The zero-order valence-corrected chi connectivity index (χ0v) is 14.6. The summed E-state index contributed by atoms with van der Waals surface area (Å²) in [6, 6.07) is 9.37. The van der Waals surface area contributed by atoms with Crippen LogP contribution in [-0.2, 0) is 16.0 Å². The van der Waals surface area contributed by atoms with Gasteiger partial charge in [-0.2, -0.15) is 0 Å². The van der Waals surface area contributed by atoms with Crippen LogP contribution in [0.3, 0.4) is 0 Å². The molecular weight excluding hydrogens is 382 g/mol. The maximum Gasteiger partial charge on any atom is 0.310 e. The molecule has 0 spiro atoms. The summed E-state index contributed by atoms with van der Waals surface area (Å²) >= 11 is 23.7. The van der Waals surface area contributed by atoms with Crippen molar-refractivity contribution in [2.24, 2.45) is 0 Å².